The number of halogens is 3. The average Bonchev–Trinajstić information content (AvgIpc) is 3.30. The summed E-state index contributed by atoms with van der Waals surface area (Å²) in [6.07, 6.45) is -4.45. The molecule has 0 saturated carbocycles. The van der Waals surface area contributed by atoms with Crippen LogP contribution in [0.1, 0.15) is 40.0 Å². The van der Waals surface area contributed by atoms with Crippen molar-refractivity contribution in [2.24, 2.45) is 5.92 Å². The summed E-state index contributed by atoms with van der Waals surface area (Å²) in [6.45, 7) is 4.47. The SMILES string of the molecule is COC[C@@](C)(C(=O)N(C)C(C(=O)N[C@@H](CC(=O)O)C(=O)N1CCCC1)C(C)C)N(C)C(=O)C(F)(F)F. The molecule has 206 valence electrons. The molecule has 0 bridgehead atoms. The Balaban J connectivity index is 3.26. The zero-order chi connectivity index (χ0) is 28.0. The molecule has 1 saturated heterocycles. The van der Waals surface area contributed by atoms with Crippen LogP contribution in [0, 0.1) is 5.92 Å². The maximum atomic E-state index is 13.4. The Morgan fingerprint density at radius 3 is 2.00 bits per heavy atom. The van der Waals surface area contributed by atoms with Gasteiger partial charge in [0.05, 0.1) is 13.0 Å². The van der Waals surface area contributed by atoms with Gasteiger partial charge in [0.15, 0.2) is 0 Å². The quantitative estimate of drug-likeness (QED) is 0.401. The lowest BCUT2D eigenvalue weighted by atomic mass is 9.94. The summed E-state index contributed by atoms with van der Waals surface area (Å²) < 4.78 is 44.2. The monoisotopic (exact) mass is 524 g/mol. The summed E-state index contributed by atoms with van der Waals surface area (Å²) in [7, 11) is 3.13. The van der Waals surface area contributed by atoms with Gasteiger partial charge in [-0.05, 0) is 25.7 Å². The number of nitrogens with one attached hydrogen (secondary N) is 1. The molecule has 4 amide bonds. The average molecular weight is 525 g/mol. The van der Waals surface area contributed by atoms with Gasteiger partial charge in [-0.1, -0.05) is 13.8 Å². The smallest absolute Gasteiger partial charge is 0.471 e. The molecule has 0 spiro atoms. The van der Waals surface area contributed by atoms with Crippen LogP contribution in [0.2, 0.25) is 0 Å². The number of carboxylic acids is 1. The Labute approximate surface area is 207 Å². The number of hydrogen-bond acceptors (Lipinski definition) is 6. The molecule has 1 aliphatic heterocycles. The third kappa shape index (κ3) is 7.31. The van der Waals surface area contributed by atoms with Crippen molar-refractivity contribution in [3.05, 3.63) is 0 Å². The minimum absolute atomic E-state index is 0.217. The molecule has 1 aliphatic rings. The topological polar surface area (TPSA) is 137 Å². The van der Waals surface area contributed by atoms with Gasteiger partial charge in [-0.15, -0.1) is 0 Å². The van der Waals surface area contributed by atoms with Crippen molar-refractivity contribution in [1.82, 2.24) is 20.0 Å². The standard InChI is InChI=1S/C22H35F3N4O7/c1-13(2)16(17(32)26-14(11-15(30)31)18(33)29-9-7-8-10-29)27(4)19(34)21(3,12-36-6)28(5)20(35)22(23,24)25/h13-14,16H,7-12H2,1-6H3,(H,26,32)(H,30,31)/t14-,16?,21-/m0/s1. The summed E-state index contributed by atoms with van der Waals surface area (Å²) in [5.41, 5.74) is -2.13. The zero-order valence-electron chi connectivity index (χ0n) is 21.3. The van der Waals surface area contributed by atoms with Crippen LogP contribution >= 0.6 is 0 Å². The number of carboxylic acid groups (broad SMARTS) is 1. The molecule has 3 atom stereocenters. The lowest BCUT2D eigenvalue weighted by Crippen LogP contribution is -2.65. The van der Waals surface area contributed by atoms with E-state index in [0.717, 1.165) is 38.8 Å². The first-order valence-corrected chi connectivity index (χ1v) is 11.4. The van der Waals surface area contributed by atoms with E-state index in [-0.39, 0.29) is 4.90 Å². The van der Waals surface area contributed by atoms with E-state index in [1.165, 1.54) is 11.9 Å². The molecular formula is C22H35F3N4O7. The van der Waals surface area contributed by atoms with Crippen molar-refractivity contribution < 1.29 is 47.0 Å². The highest BCUT2D eigenvalue weighted by Gasteiger charge is 2.52. The third-order valence-electron chi connectivity index (χ3n) is 6.22. The summed E-state index contributed by atoms with van der Waals surface area (Å²) in [5, 5.41) is 11.7. The Bertz CT molecular complexity index is 846. The highest BCUT2D eigenvalue weighted by atomic mass is 19.4. The molecule has 0 aromatic heterocycles. The van der Waals surface area contributed by atoms with Crippen LogP contribution < -0.4 is 5.32 Å². The van der Waals surface area contributed by atoms with E-state index in [1.54, 1.807) is 13.8 Å². The van der Waals surface area contributed by atoms with E-state index in [2.05, 4.69) is 5.32 Å². The van der Waals surface area contributed by atoms with Crippen molar-refractivity contribution in [1.29, 1.82) is 0 Å². The zero-order valence-corrected chi connectivity index (χ0v) is 21.3. The van der Waals surface area contributed by atoms with Gasteiger partial charge < -0.3 is 29.9 Å². The second kappa shape index (κ2) is 12.4. The molecule has 0 radical (unpaired) electrons. The molecule has 2 N–H and O–H groups in total. The van der Waals surface area contributed by atoms with Gasteiger partial charge in [-0.2, -0.15) is 13.2 Å². The third-order valence-corrected chi connectivity index (χ3v) is 6.22. The minimum atomic E-state index is -5.25. The Morgan fingerprint density at radius 2 is 1.58 bits per heavy atom. The van der Waals surface area contributed by atoms with Gasteiger partial charge in [0.2, 0.25) is 11.8 Å². The van der Waals surface area contributed by atoms with E-state index in [1.807, 2.05) is 0 Å². The molecule has 11 nitrogen and oxygen atoms in total. The van der Waals surface area contributed by atoms with Crippen molar-refractivity contribution in [3.8, 4) is 0 Å². The first kappa shape index (κ1) is 31.1. The molecule has 14 heteroatoms. The van der Waals surface area contributed by atoms with Crippen molar-refractivity contribution >= 4 is 29.6 Å². The maximum absolute atomic E-state index is 13.4. The van der Waals surface area contributed by atoms with Gasteiger partial charge in [-0.3, -0.25) is 24.0 Å². The maximum Gasteiger partial charge on any atom is 0.471 e. The second-order valence-electron chi connectivity index (χ2n) is 9.37. The van der Waals surface area contributed by atoms with Crippen LogP contribution in [-0.2, 0) is 28.7 Å². The second-order valence-corrected chi connectivity index (χ2v) is 9.37. The fourth-order valence-electron chi connectivity index (χ4n) is 4.22. The Hall–Kier alpha value is -2.90. The normalized spacial score (nSPS) is 17.2. The van der Waals surface area contributed by atoms with Crippen molar-refractivity contribution in [2.45, 2.75) is 63.8 Å². The fourth-order valence-corrected chi connectivity index (χ4v) is 4.22. The van der Waals surface area contributed by atoms with E-state index in [0.29, 0.717) is 13.1 Å². The summed E-state index contributed by atoms with van der Waals surface area (Å²) in [6, 6.07) is -2.69. The van der Waals surface area contributed by atoms with Gasteiger partial charge in [0, 0.05) is 34.3 Å². The van der Waals surface area contributed by atoms with Crippen LogP contribution in [0.4, 0.5) is 13.2 Å². The van der Waals surface area contributed by atoms with E-state index in [4.69, 9.17) is 4.74 Å². The van der Waals surface area contributed by atoms with Gasteiger partial charge in [0.1, 0.15) is 17.6 Å². The minimum Gasteiger partial charge on any atom is -0.481 e. The van der Waals surface area contributed by atoms with E-state index in [9.17, 15) is 42.3 Å². The number of carbonyl (C=O) groups excluding carboxylic acids is 4. The number of nitrogens with zero attached hydrogens (tertiary/aromatic N) is 3. The van der Waals surface area contributed by atoms with Crippen LogP contribution in [0.3, 0.4) is 0 Å². The highest BCUT2D eigenvalue weighted by molar-refractivity contribution is 5.97. The molecule has 0 aromatic rings. The number of likely N-dealkylation sites (N-methyl/N-ethyl adjacent to an activating group) is 2. The van der Waals surface area contributed by atoms with Gasteiger partial charge >= 0.3 is 18.1 Å². The molecule has 1 rings (SSSR count). The summed E-state index contributed by atoms with van der Waals surface area (Å²) >= 11 is 0. The fraction of sp³-hybridized carbons (Fsp3) is 0.773. The first-order valence-electron chi connectivity index (χ1n) is 11.4. The predicted molar refractivity (Wildman–Crippen MR) is 120 cm³/mol. The van der Waals surface area contributed by atoms with E-state index < -0.39 is 72.3 Å². The van der Waals surface area contributed by atoms with E-state index >= 15 is 0 Å². The number of hydrogen-bond donors (Lipinski definition) is 2. The van der Waals surface area contributed by atoms with Crippen LogP contribution in [0.15, 0.2) is 0 Å². The number of aliphatic carboxylic acids is 1. The molecule has 1 heterocycles. The Kier molecular flexibility index (Phi) is 10.7. The molecular weight excluding hydrogens is 489 g/mol. The van der Waals surface area contributed by atoms with Crippen LogP contribution in [-0.4, -0.2) is 114 Å². The largest absolute Gasteiger partial charge is 0.481 e. The molecule has 0 aliphatic carbocycles. The van der Waals surface area contributed by atoms with Gasteiger partial charge in [-0.25, -0.2) is 0 Å². The lowest BCUT2D eigenvalue weighted by Gasteiger charge is -2.42. The number of amides is 4. The van der Waals surface area contributed by atoms with Crippen molar-refractivity contribution in [2.75, 3.05) is 40.9 Å². The number of likely N-dealkylation sites (tertiary alicyclic amines) is 1. The molecule has 36 heavy (non-hydrogen) atoms. The summed E-state index contributed by atoms with van der Waals surface area (Å²) in [5.74, 6) is -6.63. The molecule has 0 aromatic carbocycles. The number of rotatable bonds is 11. The first-order chi connectivity index (χ1) is 16.5. The van der Waals surface area contributed by atoms with Crippen LogP contribution in [0.25, 0.3) is 0 Å². The Morgan fingerprint density at radius 1 is 1.06 bits per heavy atom. The number of methoxy groups -OCH3 is 1. The van der Waals surface area contributed by atoms with Gasteiger partial charge in [0.25, 0.3) is 5.91 Å². The highest BCUT2D eigenvalue weighted by Crippen LogP contribution is 2.26. The van der Waals surface area contributed by atoms with Crippen LogP contribution in [0.5, 0.6) is 0 Å². The number of carbonyl (C=O) groups is 5. The summed E-state index contributed by atoms with van der Waals surface area (Å²) in [4.78, 5) is 65.3. The lowest BCUT2D eigenvalue weighted by molar-refractivity contribution is -0.193. The predicted octanol–water partition coefficient (Wildman–Crippen LogP) is 0.477. The van der Waals surface area contributed by atoms with Crippen molar-refractivity contribution in [3.63, 3.8) is 0 Å². The molecule has 1 fully saturated rings. The molecule has 1 unspecified atom stereocenters. The number of alkyl halides is 3. The number of ether oxygens (including phenoxy) is 1.